The number of hydrogen-bond donors (Lipinski definition) is 1. The van der Waals surface area contributed by atoms with E-state index in [9.17, 15) is 0 Å². The first-order chi connectivity index (χ1) is 9.28. The van der Waals surface area contributed by atoms with Crippen LogP contribution >= 0.6 is 0 Å². The average Bonchev–Trinajstić information content (AvgIpc) is 2.76. The number of nitrogens with one attached hydrogen (secondary N) is 1. The Morgan fingerprint density at radius 2 is 2.16 bits per heavy atom. The fourth-order valence-corrected chi connectivity index (χ4v) is 2.52. The molecule has 3 heterocycles. The Bertz CT molecular complexity index is 574. The van der Waals surface area contributed by atoms with E-state index in [2.05, 4.69) is 26.4 Å². The lowest BCUT2D eigenvalue weighted by molar-refractivity contribution is 0.233. The largest absolute Gasteiger partial charge is 0.480 e. The molecule has 0 amide bonds. The van der Waals surface area contributed by atoms with E-state index >= 15 is 0 Å². The van der Waals surface area contributed by atoms with Gasteiger partial charge in [0.25, 0.3) is 0 Å². The molecule has 2 aromatic rings. The van der Waals surface area contributed by atoms with E-state index in [-0.39, 0.29) is 0 Å². The van der Waals surface area contributed by atoms with Crippen molar-refractivity contribution in [3.8, 4) is 5.88 Å². The van der Waals surface area contributed by atoms with Crippen LogP contribution in [0.3, 0.4) is 0 Å². The highest BCUT2D eigenvalue weighted by Gasteiger charge is 2.15. The molecule has 0 atom stereocenters. The van der Waals surface area contributed by atoms with E-state index < -0.39 is 0 Å². The second kappa shape index (κ2) is 5.14. The van der Waals surface area contributed by atoms with Gasteiger partial charge in [0.05, 0.1) is 13.3 Å². The molecule has 1 fully saturated rings. The van der Waals surface area contributed by atoms with Crippen LogP contribution in [0.25, 0.3) is 11.2 Å². The molecule has 6 heteroatoms. The van der Waals surface area contributed by atoms with Gasteiger partial charge in [-0.15, -0.1) is 0 Å². The third kappa shape index (κ3) is 2.41. The Morgan fingerprint density at radius 3 is 2.89 bits per heavy atom. The van der Waals surface area contributed by atoms with E-state index in [4.69, 9.17) is 4.74 Å². The number of rotatable bonds is 3. The molecule has 0 bridgehead atoms. The quantitative estimate of drug-likeness (QED) is 0.866. The Labute approximate surface area is 112 Å². The van der Waals surface area contributed by atoms with E-state index in [0.717, 1.165) is 43.9 Å². The third-order valence-corrected chi connectivity index (χ3v) is 3.53. The van der Waals surface area contributed by atoms with Crippen molar-refractivity contribution in [2.75, 3.05) is 33.3 Å². The third-order valence-electron chi connectivity index (χ3n) is 3.53. The van der Waals surface area contributed by atoms with Gasteiger partial charge >= 0.3 is 0 Å². The predicted molar refractivity (Wildman–Crippen MR) is 73.2 cm³/mol. The maximum absolute atomic E-state index is 5.17. The number of methoxy groups -OCH3 is 1. The molecule has 0 radical (unpaired) electrons. The maximum Gasteiger partial charge on any atom is 0.232 e. The number of piperazine rings is 1. The molecule has 0 aromatic carbocycles. The number of hydrogen-bond acceptors (Lipinski definition) is 5. The van der Waals surface area contributed by atoms with Gasteiger partial charge in [0.2, 0.25) is 5.88 Å². The molecule has 1 aliphatic rings. The first kappa shape index (κ1) is 12.4. The molecule has 0 unspecified atom stereocenters. The summed E-state index contributed by atoms with van der Waals surface area (Å²) in [5.74, 6) is 0.570. The molecule has 102 valence electrons. The van der Waals surface area contributed by atoms with Crippen LogP contribution in [0.1, 0.15) is 5.56 Å². The normalized spacial score (nSPS) is 16.9. The Hall–Kier alpha value is -1.66. The highest BCUT2D eigenvalue weighted by atomic mass is 16.5. The van der Waals surface area contributed by atoms with Crippen molar-refractivity contribution >= 4 is 11.2 Å². The number of nitrogens with zero attached hydrogens (tertiary/aromatic N) is 4. The SMILES string of the molecule is COc1cnc2c(n1)c(CN1CCNCC1)cn2C. The lowest BCUT2D eigenvalue weighted by atomic mass is 10.2. The molecule has 0 saturated carbocycles. The molecular weight excluding hydrogens is 242 g/mol. The molecule has 0 aliphatic carbocycles. The summed E-state index contributed by atoms with van der Waals surface area (Å²) in [6.07, 6.45) is 3.78. The summed E-state index contributed by atoms with van der Waals surface area (Å²) in [6, 6.07) is 0. The zero-order valence-corrected chi connectivity index (χ0v) is 11.4. The Kier molecular flexibility index (Phi) is 3.35. The molecular formula is C13H19N5O. The summed E-state index contributed by atoms with van der Waals surface area (Å²) in [5.41, 5.74) is 3.07. The molecule has 6 nitrogen and oxygen atoms in total. The van der Waals surface area contributed by atoms with Gasteiger partial charge in [-0.3, -0.25) is 4.90 Å². The van der Waals surface area contributed by atoms with Crippen LogP contribution in [0, 0.1) is 0 Å². The lowest BCUT2D eigenvalue weighted by Gasteiger charge is -2.26. The van der Waals surface area contributed by atoms with Crippen molar-refractivity contribution in [3.05, 3.63) is 18.0 Å². The van der Waals surface area contributed by atoms with Crippen LogP contribution in [-0.4, -0.2) is 52.7 Å². The summed E-state index contributed by atoms with van der Waals surface area (Å²) in [5, 5.41) is 3.37. The van der Waals surface area contributed by atoms with Crippen molar-refractivity contribution in [3.63, 3.8) is 0 Å². The van der Waals surface area contributed by atoms with Crippen molar-refractivity contribution in [1.82, 2.24) is 24.8 Å². The monoisotopic (exact) mass is 261 g/mol. The van der Waals surface area contributed by atoms with E-state index in [0.29, 0.717) is 5.88 Å². The molecule has 19 heavy (non-hydrogen) atoms. The summed E-state index contributed by atoms with van der Waals surface area (Å²) in [4.78, 5) is 11.4. The second-order valence-electron chi connectivity index (χ2n) is 4.88. The number of aryl methyl sites for hydroxylation is 1. The Morgan fingerprint density at radius 1 is 1.37 bits per heavy atom. The fraction of sp³-hybridized carbons (Fsp3) is 0.538. The van der Waals surface area contributed by atoms with E-state index in [1.165, 1.54) is 5.56 Å². The number of ether oxygens (including phenoxy) is 1. The van der Waals surface area contributed by atoms with Crippen molar-refractivity contribution in [1.29, 1.82) is 0 Å². The summed E-state index contributed by atoms with van der Waals surface area (Å²) in [7, 11) is 3.62. The molecule has 2 aromatic heterocycles. The van der Waals surface area contributed by atoms with Gasteiger partial charge in [-0.2, -0.15) is 0 Å². The number of fused-ring (bicyclic) bond motifs is 1. The van der Waals surface area contributed by atoms with E-state index in [1.807, 2.05) is 11.6 Å². The summed E-state index contributed by atoms with van der Waals surface area (Å²) in [6.45, 7) is 5.18. The average molecular weight is 261 g/mol. The van der Waals surface area contributed by atoms with Gasteiger partial charge < -0.3 is 14.6 Å². The van der Waals surface area contributed by atoms with Crippen LogP contribution in [0.15, 0.2) is 12.4 Å². The van der Waals surface area contributed by atoms with Gasteiger partial charge in [0.15, 0.2) is 5.65 Å². The van der Waals surface area contributed by atoms with Crippen LogP contribution in [-0.2, 0) is 13.6 Å². The second-order valence-corrected chi connectivity index (χ2v) is 4.88. The van der Waals surface area contributed by atoms with Crippen molar-refractivity contribution < 1.29 is 4.74 Å². The van der Waals surface area contributed by atoms with Gasteiger partial charge in [0.1, 0.15) is 5.52 Å². The Balaban J connectivity index is 1.93. The molecule has 1 N–H and O–H groups in total. The van der Waals surface area contributed by atoms with Crippen molar-refractivity contribution in [2.45, 2.75) is 6.54 Å². The molecule has 1 aliphatic heterocycles. The zero-order valence-electron chi connectivity index (χ0n) is 11.4. The van der Waals surface area contributed by atoms with Crippen LogP contribution in [0.4, 0.5) is 0 Å². The van der Waals surface area contributed by atoms with Crippen molar-refractivity contribution in [2.24, 2.45) is 7.05 Å². The minimum Gasteiger partial charge on any atom is -0.480 e. The smallest absolute Gasteiger partial charge is 0.232 e. The first-order valence-electron chi connectivity index (χ1n) is 6.56. The minimum absolute atomic E-state index is 0.570. The molecule has 3 rings (SSSR count). The summed E-state index contributed by atoms with van der Waals surface area (Å²) < 4.78 is 7.20. The van der Waals surface area contributed by atoms with Crippen LogP contribution in [0.5, 0.6) is 5.88 Å². The van der Waals surface area contributed by atoms with Crippen LogP contribution in [0.2, 0.25) is 0 Å². The fourth-order valence-electron chi connectivity index (χ4n) is 2.52. The van der Waals surface area contributed by atoms with Gasteiger partial charge in [-0.1, -0.05) is 0 Å². The molecule has 1 saturated heterocycles. The van der Waals surface area contributed by atoms with Gasteiger partial charge in [-0.05, 0) is 0 Å². The molecule has 0 spiro atoms. The standard InChI is InChI=1S/C13H19N5O/c1-17-8-10(9-18-5-3-14-4-6-18)12-13(17)15-7-11(16-12)19-2/h7-8,14H,3-6,9H2,1-2H3. The topological polar surface area (TPSA) is 55.2 Å². The van der Waals surface area contributed by atoms with E-state index in [1.54, 1.807) is 13.3 Å². The lowest BCUT2D eigenvalue weighted by Crippen LogP contribution is -2.42. The summed E-state index contributed by atoms with van der Waals surface area (Å²) >= 11 is 0. The van der Waals surface area contributed by atoms with Crippen LogP contribution < -0.4 is 10.1 Å². The highest BCUT2D eigenvalue weighted by Crippen LogP contribution is 2.20. The van der Waals surface area contributed by atoms with Gasteiger partial charge in [-0.25, -0.2) is 9.97 Å². The predicted octanol–water partition coefficient (Wildman–Crippen LogP) is 0.382. The minimum atomic E-state index is 0.570. The number of aromatic nitrogens is 3. The maximum atomic E-state index is 5.17. The first-order valence-corrected chi connectivity index (χ1v) is 6.56. The van der Waals surface area contributed by atoms with Gasteiger partial charge in [0, 0.05) is 51.5 Å². The highest BCUT2D eigenvalue weighted by molar-refractivity contribution is 5.76. The zero-order chi connectivity index (χ0) is 13.2.